The number of nitro benzene ring substituents is 1. The monoisotopic (exact) mass is 355 g/mol. The van der Waals surface area contributed by atoms with Crippen molar-refractivity contribution in [2.75, 3.05) is 13.1 Å². The smallest absolute Gasteiger partial charge is 0.271 e. The van der Waals surface area contributed by atoms with Gasteiger partial charge in [0, 0.05) is 31.3 Å². The molecule has 1 aromatic carbocycles. The summed E-state index contributed by atoms with van der Waals surface area (Å²) in [6.07, 6.45) is 1.45. The first-order valence-corrected chi connectivity index (χ1v) is 7.85. The minimum absolute atomic E-state index is 0. The zero-order valence-electron chi connectivity index (χ0n) is 10.9. The molecule has 1 aromatic rings. The van der Waals surface area contributed by atoms with E-state index in [2.05, 4.69) is 0 Å². The van der Waals surface area contributed by atoms with Crippen LogP contribution in [0.2, 0.25) is 5.02 Å². The van der Waals surface area contributed by atoms with Crippen LogP contribution in [0.25, 0.3) is 0 Å². The van der Waals surface area contributed by atoms with Crippen LogP contribution in [0.15, 0.2) is 23.1 Å². The summed E-state index contributed by atoms with van der Waals surface area (Å²) in [5.41, 5.74) is 5.33. The highest BCUT2D eigenvalue weighted by Gasteiger charge is 2.35. The quantitative estimate of drug-likeness (QED) is 0.654. The SMILES string of the molecule is Cl.NCC1CCCN1S(=O)(=O)c1ccc([N+](=O)[O-])cc1Cl. The Bertz CT molecular complexity index is 638. The summed E-state index contributed by atoms with van der Waals surface area (Å²) in [5, 5.41) is 10.5. The van der Waals surface area contributed by atoms with Crippen molar-refractivity contribution in [3.8, 4) is 0 Å². The number of rotatable bonds is 4. The van der Waals surface area contributed by atoms with Crippen LogP contribution in [0, 0.1) is 10.1 Å². The number of benzene rings is 1. The molecule has 1 unspecified atom stereocenters. The summed E-state index contributed by atoms with van der Waals surface area (Å²) in [6.45, 7) is 0.626. The number of hydrogen-bond donors (Lipinski definition) is 1. The van der Waals surface area contributed by atoms with Gasteiger partial charge in [0.2, 0.25) is 10.0 Å². The molecule has 1 fully saturated rings. The second-order valence-corrected chi connectivity index (χ2v) is 6.79. The Balaban J connectivity index is 0.00000220. The van der Waals surface area contributed by atoms with Crippen LogP contribution in [-0.2, 0) is 10.0 Å². The standard InChI is InChI=1S/C11H14ClN3O4S.ClH/c12-10-6-8(15(16)17)3-4-11(10)20(18,19)14-5-1-2-9(14)7-13;/h3-4,6,9H,1-2,5,7,13H2;1H. The van der Waals surface area contributed by atoms with Crippen LogP contribution < -0.4 is 5.73 Å². The van der Waals surface area contributed by atoms with Crippen molar-refractivity contribution < 1.29 is 13.3 Å². The number of nitrogens with two attached hydrogens (primary N) is 1. The predicted molar refractivity (Wildman–Crippen MR) is 81.3 cm³/mol. The Morgan fingerprint density at radius 2 is 2.14 bits per heavy atom. The number of sulfonamides is 1. The van der Waals surface area contributed by atoms with Crippen molar-refractivity contribution in [1.82, 2.24) is 4.31 Å². The van der Waals surface area contributed by atoms with E-state index >= 15 is 0 Å². The van der Waals surface area contributed by atoms with E-state index in [1.165, 1.54) is 10.4 Å². The zero-order chi connectivity index (χ0) is 14.9. The average molecular weight is 356 g/mol. The summed E-state index contributed by atoms with van der Waals surface area (Å²) in [4.78, 5) is 9.89. The molecular formula is C11H15Cl2N3O4S. The lowest BCUT2D eigenvalue weighted by Gasteiger charge is -2.23. The minimum atomic E-state index is -3.77. The molecule has 7 nitrogen and oxygen atoms in total. The molecule has 0 saturated carbocycles. The summed E-state index contributed by atoms with van der Waals surface area (Å²) >= 11 is 5.89. The van der Waals surface area contributed by atoms with Crippen molar-refractivity contribution in [3.05, 3.63) is 33.3 Å². The van der Waals surface area contributed by atoms with E-state index in [1.54, 1.807) is 0 Å². The number of nitro groups is 1. The van der Waals surface area contributed by atoms with Gasteiger partial charge in [-0.05, 0) is 18.9 Å². The highest BCUT2D eigenvalue weighted by atomic mass is 35.5. The van der Waals surface area contributed by atoms with Gasteiger partial charge in [0.05, 0.1) is 9.95 Å². The van der Waals surface area contributed by atoms with E-state index in [-0.39, 0.29) is 40.6 Å². The van der Waals surface area contributed by atoms with Crippen molar-refractivity contribution in [2.24, 2.45) is 5.73 Å². The highest BCUT2D eigenvalue weighted by Crippen LogP contribution is 2.31. The third-order valence-electron chi connectivity index (χ3n) is 3.31. The Morgan fingerprint density at radius 3 is 2.67 bits per heavy atom. The van der Waals surface area contributed by atoms with E-state index in [0.29, 0.717) is 13.0 Å². The summed E-state index contributed by atoms with van der Waals surface area (Å²) in [5.74, 6) is 0. The summed E-state index contributed by atoms with van der Waals surface area (Å²) in [7, 11) is -3.77. The second-order valence-electron chi connectivity index (χ2n) is 4.52. The maximum Gasteiger partial charge on any atom is 0.271 e. The van der Waals surface area contributed by atoms with Crippen molar-refractivity contribution >= 4 is 39.7 Å². The molecule has 1 aliphatic heterocycles. The fourth-order valence-corrected chi connectivity index (χ4v) is 4.52. The van der Waals surface area contributed by atoms with Gasteiger partial charge in [-0.25, -0.2) is 8.42 Å². The van der Waals surface area contributed by atoms with Gasteiger partial charge in [0.1, 0.15) is 4.90 Å². The number of hydrogen-bond acceptors (Lipinski definition) is 5. The van der Waals surface area contributed by atoms with Gasteiger partial charge in [-0.2, -0.15) is 4.31 Å². The van der Waals surface area contributed by atoms with E-state index < -0.39 is 14.9 Å². The molecule has 0 amide bonds. The van der Waals surface area contributed by atoms with Crippen molar-refractivity contribution in [2.45, 2.75) is 23.8 Å². The molecule has 0 aliphatic carbocycles. The van der Waals surface area contributed by atoms with Crippen LogP contribution in [0.4, 0.5) is 5.69 Å². The number of nitrogens with zero attached hydrogens (tertiary/aromatic N) is 2. The summed E-state index contributed by atoms with van der Waals surface area (Å²) in [6, 6.07) is 3.10. The van der Waals surface area contributed by atoms with Gasteiger partial charge in [0.15, 0.2) is 0 Å². The maximum absolute atomic E-state index is 12.5. The van der Waals surface area contributed by atoms with E-state index in [1.807, 2.05) is 0 Å². The first-order valence-electron chi connectivity index (χ1n) is 6.03. The average Bonchev–Trinajstić information content (AvgIpc) is 2.87. The molecule has 1 heterocycles. The Kier molecular flexibility index (Phi) is 5.94. The van der Waals surface area contributed by atoms with Crippen LogP contribution in [0.3, 0.4) is 0 Å². The molecule has 0 bridgehead atoms. The van der Waals surface area contributed by atoms with Crippen LogP contribution >= 0.6 is 24.0 Å². The number of halogens is 2. The Morgan fingerprint density at radius 1 is 1.48 bits per heavy atom. The first kappa shape index (κ1) is 18.1. The molecule has 118 valence electrons. The zero-order valence-corrected chi connectivity index (χ0v) is 13.3. The molecule has 0 aromatic heterocycles. The first-order chi connectivity index (χ1) is 9.37. The van der Waals surface area contributed by atoms with Crippen LogP contribution in [-0.4, -0.2) is 36.8 Å². The highest BCUT2D eigenvalue weighted by molar-refractivity contribution is 7.89. The van der Waals surface area contributed by atoms with Crippen LogP contribution in [0.5, 0.6) is 0 Å². The fourth-order valence-electron chi connectivity index (χ4n) is 2.30. The van der Waals surface area contributed by atoms with E-state index in [4.69, 9.17) is 17.3 Å². The van der Waals surface area contributed by atoms with Gasteiger partial charge < -0.3 is 5.73 Å². The lowest BCUT2D eigenvalue weighted by Crippen LogP contribution is -2.39. The van der Waals surface area contributed by atoms with E-state index in [0.717, 1.165) is 18.6 Å². The largest absolute Gasteiger partial charge is 0.329 e. The van der Waals surface area contributed by atoms with Gasteiger partial charge in [-0.1, -0.05) is 11.6 Å². The molecule has 21 heavy (non-hydrogen) atoms. The third kappa shape index (κ3) is 3.46. The Hall–Kier alpha value is -0.930. The molecule has 10 heteroatoms. The molecule has 0 spiro atoms. The Labute approximate surface area is 133 Å². The topological polar surface area (TPSA) is 107 Å². The second kappa shape index (κ2) is 6.89. The molecule has 2 N–H and O–H groups in total. The van der Waals surface area contributed by atoms with Gasteiger partial charge in [0.25, 0.3) is 5.69 Å². The molecule has 1 saturated heterocycles. The van der Waals surface area contributed by atoms with Gasteiger partial charge >= 0.3 is 0 Å². The normalized spacial score (nSPS) is 19.2. The van der Waals surface area contributed by atoms with Gasteiger partial charge in [-0.3, -0.25) is 10.1 Å². The minimum Gasteiger partial charge on any atom is -0.329 e. The molecule has 1 atom stereocenters. The van der Waals surface area contributed by atoms with Crippen molar-refractivity contribution in [3.63, 3.8) is 0 Å². The third-order valence-corrected chi connectivity index (χ3v) is 5.74. The molecular weight excluding hydrogens is 341 g/mol. The predicted octanol–water partition coefficient (Wildman–Crippen LogP) is 1.78. The molecule has 2 rings (SSSR count). The summed E-state index contributed by atoms with van der Waals surface area (Å²) < 4.78 is 26.4. The van der Waals surface area contributed by atoms with Crippen LogP contribution in [0.1, 0.15) is 12.8 Å². The maximum atomic E-state index is 12.5. The number of non-ortho nitro benzene ring substituents is 1. The van der Waals surface area contributed by atoms with E-state index in [9.17, 15) is 18.5 Å². The van der Waals surface area contributed by atoms with Gasteiger partial charge in [-0.15, -0.1) is 12.4 Å². The molecule has 0 radical (unpaired) electrons. The fraction of sp³-hybridized carbons (Fsp3) is 0.455. The lowest BCUT2D eigenvalue weighted by molar-refractivity contribution is -0.384. The van der Waals surface area contributed by atoms with Crippen molar-refractivity contribution in [1.29, 1.82) is 0 Å². The molecule has 1 aliphatic rings. The lowest BCUT2D eigenvalue weighted by atomic mass is 10.2.